The number of unbranched alkanes of at least 4 members (excludes halogenated alkanes) is 1. The predicted octanol–water partition coefficient (Wildman–Crippen LogP) is 2.21. The summed E-state index contributed by atoms with van der Waals surface area (Å²) in [6.45, 7) is 2.43. The monoisotopic (exact) mass is 266 g/mol. The van der Waals surface area contributed by atoms with Gasteiger partial charge in [-0.25, -0.2) is 4.79 Å². The molecule has 5 nitrogen and oxygen atoms in total. The molecule has 106 valence electrons. The van der Waals surface area contributed by atoms with Crippen molar-refractivity contribution in [3.63, 3.8) is 0 Å². The SMILES string of the molecule is CCCCN1C(=O)NC(=O)C2(CCCCCC2)C1=O. The maximum Gasteiger partial charge on any atom is 0.330 e. The minimum Gasteiger partial charge on any atom is -0.277 e. The number of imide groups is 2. The molecule has 2 aliphatic rings. The van der Waals surface area contributed by atoms with Gasteiger partial charge in [0.1, 0.15) is 5.41 Å². The van der Waals surface area contributed by atoms with Crippen molar-refractivity contribution >= 4 is 17.8 Å². The third-order valence-electron chi connectivity index (χ3n) is 4.25. The topological polar surface area (TPSA) is 66.5 Å². The van der Waals surface area contributed by atoms with Gasteiger partial charge in [0.25, 0.3) is 0 Å². The fourth-order valence-corrected chi connectivity index (χ4v) is 3.02. The minimum atomic E-state index is -0.974. The summed E-state index contributed by atoms with van der Waals surface area (Å²) >= 11 is 0. The Labute approximate surface area is 113 Å². The Balaban J connectivity index is 2.23. The van der Waals surface area contributed by atoms with Crippen LogP contribution in [-0.4, -0.2) is 29.3 Å². The van der Waals surface area contributed by atoms with Gasteiger partial charge in [0.2, 0.25) is 11.8 Å². The summed E-state index contributed by atoms with van der Waals surface area (Å²) in [5, 5.41) is 2.38. The van der Waals surface area contributed by atoms with Gasteiger partial charge >= 0.3 is 6.03 Å². The summed E-state index contributed by atoms with van der Waals surface area (Å²) < 4.78 is 0. The van der Waals surface area contributed by atoms with Crippen LogP contribution < -0.4 is 5.32 Å². The Morgan fingerprint density at radius 2 is 1.74 bits per heavy atom. The second-order valence-electron chi connectivity index (χ2n) is 5.57. The molecule has 1 heterocycles. The lowest BCUT2D eigenvalue weighted by molar-refractivity contribution is -0.152. The van der Waals surface area contributed by atoms with Crippen LogP contribution in [0.25, 0.3) is 0 Å². The van der Waals surface area contributed by atoms with Gasteiger partial charge in [-0.15, -0.1) is 0 Å². The molecule has 1 aliphatic heterocycles. The van der Waals surface area contributed by atoms with Crippen molar-refractivity contribution in [1.82, 2.24) is 10.2 Å². The number of hydrogen-bond donors (Lipinski definition) is 1. The van der Waals surface area contributed by atoms with Crippen molar-refractivity contribution in [2.45, 2.75) is 58.3 Å². The van der Waals surface area contributed by atoms with E-state index in [2.05, 4.69) is 5.32 Å². The zero-order chi connectivity index (χ0) is 13.9. The van der Waals surface area contributed by atoms with Crippen molar-refractivity contribution in [3.05, 3.63) is 0 Å². The molecule has 0 atom stereocenters. The van der Waals surface area contributed by atoms with Gasteiger partial charge in [-0.05, 0) is 19.3 Å². The summed E-state index contributed by atoms with van der Waals surface area (Å²) in [6, 6.07) is -0.543. The molecular weight excluding hydrogens is 244 g/mol. The van der Waals surface area contributed by atoms with Crippen LogP contribution in [0.1, 0.15) is 58.3 Å². The van der Waals surface area contributed by atoms with Gasteiger partial charge < -0.3 is 0 Å². The highest BCUT2D eigenvalue weighted by Crippen LogP contribution is 2.39. The van der Waals surface area contributed by atoms with Crippen molar-refractivity contribution in [2.75, 3.05) is 6.54 Å². The first-order chi connectivity index (χ1) is 9.12. The molecule has 4 amide bonds. The van der Waals surface area contributed by atoms with Gasteiger partial charge in [-0.2, -0.15) is 0 Å². The molecule has 2 fully saturated rings. The first-order valence-corrected chi connectivity index (χ1v) is 7.29. The van der Waals surface area contributed by atoms with Crippen molar-refractivity contribution in [1.29, 1.82) is 0 Å². The highest BCUT2D eigenvalue weighted by Gasteiger charge is 2.52. The molecule has 1 saturated carbocycles. The van der Waals surface area contributed by atoms with Crippen LogP contribution in [0.4, 0.5) is 4.79 Å². The quantitative estimate of drug-likeness (QED) is 0.796. The van der Waals surface area contributed by atoms with Gasteiger partial charge in [-0.1, -0.05) is 39.0 Å². The zero-order valence-electron chi connectivity index (χ0n) is 11.5. The maximum absolute atomic E-state index is 12.6. The first kappa shape index (κ1) is 14.0. The van der Waals surface area contributed by atoms with Gasteiger partial charge in [0.15, 0.2) is 0 Å². The molecule has 19 heavy (non-hydrogen) atoms. The van der Waals surface area contributed by atoms with Crippen molar-refractivity contribution in [3.8, 4) is 0 Å². The summed E-state index contributed by atoms with van der Waals surface area (Å²) in [5.74, 6) is -0.645. The number of carbonyl (C=O) groups is 3. The molecule has 1 aliphatic carbocycles. The van der Waals surface area contributed by atoms with E-state index in [1.807, 2.05) is 6.92 Å². The second kappa shape index (κ2) is 5.72. The van der Waals surface area contributed by atoms with E-state index < -0.39 is 11.4 Å². The van der Waals surface area contributed by atoms with Crippen LogP contribution in [0.2, 0.25) is 0 Å². The molecule has 1 saturated heterocycles. The highest BCUT2D eigenvalue weighted by atomic mass is 16.2. The molecule has 0 unspecified atom stereocenters. The number of barbiturate groups is 1. The van der Waals surface area contributed by atoms with E-state index in [-0.39, 0.29) is 11.8 Å². The largest absolute Gasteiger partial charge is 0.330 e. The van der Waals surface area contributed by atoms with E-state index in [0.29, 0.717) is 19.4 Å². The Kier molecular flexibility index (Phi) is 4.22. The molecule has 0 radical (unpaired) electrons. The molecular formula is C14H22N2O3. The number of carbonyl (C=O) groups excluding carboxylic acids is 3. The molecule has 0 aromatic rings. The second-order valence-corrected chi connectivity index (χ2v) is 5.57. The Morgan fingerprint density at radius 3 is 2.32 bits per heavy atom. The molecule has 1 N–H and O–H groups in total. The Morgan fingerprint density at radius 1 is 1.11 bits per heavy atom. The molecule has 1 spiro atoms. The first-order valence-electron chi connectivity index (χ1n) is 7.29. The van der Waals surface area contributed by atoms with Crippen LogP contribution in [0.3, 0.4) is 0 Å². The third kappa shape index (κ3) is 2.51. The van der Waals surface area contributed by atoms with Gasteiger partial charge in [-0.3, -0.25) is 19.8 Å². The van der Waals surface area contributed by atoms with Crippen LogP contribution in [0.15, 0.2) is 0 Å². The highest BCUT2D eigenvalue weighted by molar-refractivity contribution is 6.19. The van der Waals surface area contributed by atoms with Crippen molar-refractivity contribution < 1.29 is 14.4 Å². The van der Waals surface area contributed by atoms with E-state index in [1.54, 1.807) is 0 Å². The Bertz CT molecular complexity index is 384. The summed E-state index contributed by atoms with van der Waals surface area (Å²) in [4.78, 5) is 37.9. The average Bonchev–Trinajstić information content (AvgIpc) is 2.63. The van der Waals surface area contributed by atoms with Crippen LogP contribution >= 0.6 is 0 Å². The summed E-state index contributed by atoms with van der Waals surface area (Å²) in [5.41, 5.74) is -0.974. The lowest BCUT2D eigenvalue weighted by atomic mass is 9.77. The fraction of sp³-hybridized carbons (Fsp3) is 0.786. The molecule has 0 aromatic carbocycles. The van der Waals surface area contributed by atoms with Gasteiger partial charge in [0, 0.05) is 6.54 Å². The lowest BCUT2D eigenvalue weighted by Crippen LogP contribution is -2.63. The number of nitrogens with zero attached hydrogens (tertiary/aromatic N) is 1. The summed E-state index contributed by atoms with van der Waals surface area (Å²) in [6.07, 6.45) is 6.74. The standard InChI is InChI=1S/C14H22N2O3/c1-2-3-10-16-12(18)14(11(17)15-13(16)19)8-6-4-5-7-9-14/h2-10H2,1H3,(H,15,17,19). The van der Waals surface area contributed by atoms with Crippen LogP contribution in [0.5, 0.6) is 0 Å². The molecule has 0 aromatic heterocycles. The van der Waals surface area contributed by atoms with E-state index in [9.17, 15) is 14.4 Å². The zero-order valence-corrected chi connectivity index (χ0v) is 11.5. The van der Waals surface area contributed by atoms with E-state index in [1.165, 1.54) is 4.90 Å². The average molecular weight is 266 g/mol. The number of urea groups is 1. The number of hydrogen-bond acceptors (Lipinski definition) is 3. The van der Waals surface area contributed by atoms with E-state index in [0.717, 1.165) is 38.5 Å². The summed E-state index contributed by atoms with van der Waals surface area (Å²) in [7, 11) is 0. The van der Waals surface area contributed by atoms with Crippen LogP contribution in [0, 0.1) is 5.41 Å². The van der Waals surface area contributed by atoms with E-state index in [4.69, 9.17) is 0 Å². The van der Waals surface area contributed by atoms with E-state index >= 15 is 0 Å². The number of nitrogens with one attached hydrogen (secondary N) is 1. The van der Waals surface area contributed by atoms with Crippen LogP contribution in [-0.2, 0) is 9.59 Å². The normalized spacial score (nSPS) is 23.4. The third-order valence-corrected chi connectivity index (χ3v) is 4.25. The number of amides is 4. The molecule has 2 rings (SSSR count). The smallest absolute Gasteiger partial charge is 0.277 e. The Hall–Kier alpha value is -1.39. The minimum absolute atomic E-state index is 0.267. The van der Waals surface area contributed by atoms with Crippen molar-refractivity contribution in [2.24, 2.45) is 5.41 Å². The fourth-order valence-electron chi connectivity index (χ4n) is 3.02. The van der Waals surface area contributed by atoms with Gasteiger partial charge in [0.05, 0.1) is 0 Å². The number of rotatable bonds is 3. The molecule has 0 bridgehead atoms. The lowest BCUT2D eigenvalue weighted by Gasteiger charge is -2.38. The predicted molar refractivity (Wildman–Crippen MR) is 70.3 cm³/mol. The molecule has 5 heteroatoms. The maximum atomic E-state index is 12.6.